The van der Waals surface area contributed by atoms with E-state index in [9.17, 15) is 4.79 Å². The number of aromatic nitrogens is 1. The highest BCUT2D eigenvalue weighted by atomic mass is 35.5. The minimum Gasteiger partial charge on any atom is -0.352 e. The third-order valence-corrected chi connectivity index (χ3v) is 5.50. The molecule has 3 rings (SSSR count). The Kier molecular flexibility index (Phi) is 7.29. The summed E-state index contributed by atoms with van der Waals surface area (Å²) in [6.45, 7) is 2.55. The molecule has 3 aromatic rings. The number of halogens is 1. The second kappa shape index (κ2) is 10.1. The third kappa shape index (κ3) is 5.98. The maximum atomic E-state index is 12.3. The molecule has 1 heterocycles. The van der Waals surface area contributed by atoms with Crippen molar-refractivity contribution in [2.45, 2.75) is 23.1 Å². The van der Waals surface area contributed by atoms with Crippen LogP contribution >= 0.6 is 23.4 Å². The molecule has 1 aromatic heterocycles. The Labute approximate surface area is 174 Å². The molecule has 1 N–H and O–H groups in total. The highest BCUT2D eigenvalue weighted by molar-refractivity contribution is 7.99. The number of hydrogen-bond acceptors (Lipinski definition) is 3. The van der Waals surface area contributed by atoms with Crippen molar-refractivity contribution in [2.75, 3.05) is 6.54 Å². The molecule has 0 atom stereocenters. The van der Waals surface area contributed by atoms with Crippen molar-refractivity contribution >= 4 is 34.8 Å². The van der Waals surface area contributed by atoms with E-state index in [1.54, 1.807) is 30.2 Å². The van der Waals surface area contributed by atoms with Crippen molar-refractivity contribution in [3.05, 3.63) is 95.3 Å². The normalized spacial score (nSPS) is 11.3. The van der Waals surface area contributed by atoms with E-state index in [1.807, 2.05) is 61.5 Å². The average molecular weight is 409 g/mol. The molecule has 5 heteroatoms. The number of benzene rings is 2. The third-order valence-electron chi connectivity index (χ3n) is 4.16. The van der Waals surface area contributed by atoms with Crippen LogP contribution in [-0.2, 0) is 11.2 Å². The summed E-state index contributed by atoms with van der Waals surface area (Å²) in [7, 11) is 0. The molecule has 0 saturated heterocycles. The molecule has 0 bridgehead atoms. The molecule has 2 aromatic carbocycles. The van der Waals surface area contributed by atoms with Crippen LogP contribution in [0.1, 0.15) is 18.1 Å². The first-order chi connectivity index (χ1) is 13.6. The van der Waals surface area contributed by atoms with Crippen LogP contribution in [0.4, 0.5) is 0 Å². The van der Waals surface area contributed by atoms with Gasteiger partial charge < -0.3 is 5.32 Å². The lowest BCUT2D eigenvalue weighted by atomic mass is 10.1. The van der Waals surface area contributed by atoms with Crippen LogP contribution in [0.2, 0.25) is 5.02 Å². The van der Waals surface area contributed by atoms with Crippen LogP contribution in [0.15, 0.2) is 88.9 Å². The average Bonchev–Trinajstić information content (AvgIpc) is 2.71. The van der Waals surface area contributed by atoms with Crippen molar-refractivity contribution in [1.29, 1.82) is 0 Å². The molecule has 28 heavy (non-hydrogen) atoms. The molecular formula is C23H21ClN2OS. The van der Waals surface area contributed by atoms with Crippen LogP contribution < -0.4 is 5.32 Å². The summed E-state index contributed by atoms with van der Waals surface area (Å²) < 4.78 is 0. The predicted molar refractivity (Wildman–Crippen MR) is 117 cm³/mol. The number of pyridine rings is 1. The van der Waals surface area contributed by atoms with Gasteiger partial charge in [-0.15, -0.1) is 0 Å². The summed E-state index contributed by atoms with van der Waals surface area (Å²) in [4.78, 5) is 18.5. The van der Waals surface area contributed by atoms with Crippen LogP contribution in [0.25, 0.3) is 5.57 Å². The summed E-state index contributed by atoms with van der Waals surface area (Å²) in [5, 5.41) is 3.67. The first-order valence-electron chi connectivity index (χ1n) is 8.99. The van der Waals surface area contributed by atoms with E-state index >= 15 is 0 Å². The number of allylic oxidation sites excluding steroid dienone is 1. The van der Waals surface area contributed by atoms with Gasteiger partial charge in [0.05, 0.1) is 0 Å². The first kappa shape index (κ1) is 20.2. The molecule has 0 spiro atoms. The van der Waals surface area contributed by atoms with Crippen LogP contribution in [0.3, 0.4) is 0 Å². The van der Waals surface area contributed by atoms with Crippen molar-refractivity contribution in [2.24, 2.45) is 0 Å². The van der Waals surface area contributed by atoms with Gasteiger partial charge in [-0.2, -0.15) is 0 Å². The van der Waals surface area contributed by atoms with E-state index in [0.717, 1.165) is 37.9 Å². The monoisotopic (exact) mass is 408 g/mol. The second-order valence-electron chi connectivity index (χ2n) is 6.28. The second-order valence-corrected chi connectivity index (χ2v) is 7.83. The van der Waals surface area contributed by atoms with Gasteiger partial charge in [-0.25, -0.2) is 0 Å². The van der Waals surface area contributed by atoms with Gasteiger partial charge in [0.25, 0.3) is 0 Å². The standard InChI is InChI=1S/C23H21ClN2OS/c1-17(16-23(27)26-15-12-18-10-13-25-14-11-18)21-4-2-3-5-22(21)28-20-8-6-19(24)7-9-20/h2-11,13-14,16H,12,15H2,1H3,(H,26,27)/b17-16-. The quantitative estimate of drug-likeness (QED) is 0.514. The fraction of sp³-hybridized carbons (Fsp3) is 0.130. The van der Waals surface area contributed by atoms with Gasteiger partial charge in [-0.3, -0.25) is 9.78 Å². The Morgan fingerprint density at radius 2 is 1.79 bits per heavy atom. The molecule has 142 valence electrons. The number of hydrogen-bond donors (Lipinski definition) is 1. The predicted octanol–water partition coefficient (Wildman–Crippen LogP) is 5.65. The Bertz CT molecular complexity index is 956. The Hall–Kier alpha value is -2.56. The van der Waals surface area contributed by atoms with Crippen molar-refractivity contribution in [3.63, 3.8) is 0 Å². The molecule has 0 aliphatic rings. The summed E-state index contributed by atoms with van der Waals surface area (Å²) in [6.07, 6.45) is 5.96. The number of nitrogens with one attached hydrogen (secondary N) is 1. The molecule has 0 aliphatic carbocycles. The molecule has 0 unspecified atom stereocenters. The van der Waals surface area contributed by atoms with Gasteiger partial charge in [-0.1, -0.05) is 41.6 Å². The van der Waals surface area contributed by atoms with E-state index in [0.29, 0.717) is 6.54 Å². The summed E-state index contributed by atoms with van der Waals surface area (Å²) in [5.74, 6) is -0.0853. The van der Waals surface area contributed by atoms with Gasteiger partial charge in [-0.05, 0) is 72.5 Å². The lowest BCUT2D eigenvalue weighted by molar-refractivity contribution is -0.116. The van der Waals surface area contributed by atoms with E-state index in [2.05, 4.69) is 16.4 Å². The van der Waals surface area contributed by atoms with Crippen molar-refractivity contribution < 1.29 is 4.79 Å². The molecule has 0 saturated carbocycles. The Morgan fingerprint density at radius 3 is 2.54 bits per heavy atom. The lowest BCUT2D eigenvalue weighted by Gasteiger charge is -2.10. The summed E-state index contributed by atoms with van der Waals surface area (Å²) in [6, 6.07) is 19.8. The van der Waals surface area contributed by atoms with Crippen LogP contribution in [0.5, 0.6) is 0 Å². The topological polar surface area (TPSA) is 42.0 Å². The van der Waals surface area contributed by atoms with Crippen molar-refractivity contribution in [1.82, 2.24) is 10.3 Å². The van der Waals surface area contributed by atoms with E-state index in [1.165, 1.54) is 0 Å². The largest absolute Gasteiger partial charge is 0.352 e. The van der Waals surface area contributed by atoms with Crippen LogP contribution in [0, 0.1) is 0 Å². The Morgan fingerprint density at radius 1 is 1.07 bits per heavy atom. The zero-order valence-electron chi connectivity index (χ0n) is 15.6. The zero-order chi connectivity index (χ0) is 19.8. The molecule has 1 amide bonds. The Balaban J connectivity index is 1.65. The number of carbonyl (C=O) groups is 1. The maximum Gasteiger partial charge on any atom is 0.244 e. The number of amides is 1. The van der Waals surface area contributed by atoms with E-state index in [4.69, 9.17) is 11.6 Å². The summed E-state index contributed by atoms with van der Waals surface area (Å²) in [5.41, 5.74) is 3.13. The maximum absolute atomic E-state index is 12.3. The molecule has 0 radical (unpaired) electrons. The fourth-order valence-electron chi connectivity index (χ4n) is 2.72. The van der Waals surface area contributed by atoms with Gasteiger partial charge >= 0.3 is 0 Å². The van der Waals surface area contributed by atoms with Gasteiger partial charge in [0, 0.05) is 39.8 Å². The number of rotatable bonds is 7. The van der Waals surface area contributed by atoms with E-state index in [-0.39, 0.29) is 5.91 Å². The summed E-state index contributed by atoms with van der Waals surface area (Å²) >= 11 is 7.62. The van der Waals surface area contributed by atoms with Gasteiger partial charge in [0.1, 0.15) is 0 Å². The lowest BCUT2D eigenvalue weighted by Crippen LogP contribution is -2.23. The minimum atomic E-state index is -0.0853. The van der Waals surface area contributed by atoms with Crippen molar-refractivity contribution in [3.8, 4) is 0 Å². The fourth-order valence-corrected chi connectivity index (χ4v) is 3.85. The van der Waals surface area contributed by atoms with Gasteiger partial charge in [0.15, 0.2) is 0 Å². The number of nitrogens with zero attached hydrogens (tertiary/aromatic N) is 1. The zero-order valence-corrected chi connectivity index (χ0v) is 17.1. The molecule has 0 fully saturated rings. The minimum absolute atomic E-state index is 0.0853. The highest BCUT2D eigenvalue weighted by Gasteiger charge is 2.08. The molecule has 0 aliphatic heterocycles. The van der Waals surface area contributed by atoms with E-state index < -0.39 is 0 Å². The smallest absolute Gasteiger partial charge is 0.244 e. The molecule has 3 nitrogen and oxygen atoms in total. The SMILES string of the molecule is C/C(=C/C(=O)NCCc1ccncc1)c1ccccc1Sc1ccc(Cl)cc1. The molecular weight excluding hydrogens is 388 g/mol. The highest BCUT2D eigenvalue weighted by Crippen LogP contribution is 2.34. The van der Waals surface area contributed by atoms with Crippen LogP contribution in [-0.4, -0.2) is 17.4 Å². The first-order valence-corrected chi connectivity index (χ1v) is 10.2. The van der Waals surface area contributed by atoms with Gasteiger partial charge in [0.2, 0.25) is 5.91 Å². The number of carbonyl (C=O) groups excluding carboxylic acids is 1.